The van der Waals surface area contributed by atoms with E-state index in [0.717, 1.165) is 18.5 Å². The van der Waals surface area contributed by atoms with Gasteiger partial charge in [-0.3, -0.25) is 4.79 Å². The lowest BCUT2D eigenvalue weighted by Crippen LogP contribution is -2.25. The van der Waals surface area contributed by atoms with Crippen molar-refractivity contribution in [2.75, 3.05) is 0 Å². The summed E-state index contributed by atoms with van der Waals surface area (Å²) >= 11 is 0. The van der Waals surface area contributed by atoms with Crippen molar-refractivity contribution < 1.29 is 5.11 Å². The predicted molar refractivity (Wildman–Crippen MR) is 54.1 cm³/mol. The summed E-state index contributed by atoms with van der Waals surface area (Å²) in [5.74, 6) is 0. The third-order valence-corrected chi connectivity index (χ3v) is 2.93. The Hall–Kier alpha value is -1.09. The molecule has 0 atom stereocenters. The van der Waals surface area contributed by atoms with Crippen molar-refractivity contribution in [2.24, 2.45) is 0 Å². The topological polar surface area (TPSA) is 42.2 Å². The van der Waals surface area contributed by atoms with Crippen LogP contribution in [0.5, 0.6) is 0 Å². The predicted octanol–water partition coefficient (Wildman–Crippen LogP) is 1.46. The maximum absolute atomic E-state index is 11.6. The van der Waals surface area contributed by atoms with E-state index in [-0.39, 0.29) is 12.2 Å². The molecule has 14 heavy (non-hydrogen) atoms. The van der Waals surface area contributed by atoms with Gasteiger partial charge in [0.1, 0.15) is 0 Å². The van der Waals surface area contributed by atoms with Gasteiger partial charge in [-0.15, -0.1) is 0 Å². The Balaban J connectivity index is 2.43. The molecule has 0 aliphatic heterocycles. The zero-order chi connectivity index (χ0) is 9.97. The Morgan fingerprint density at radius 2 is 2.07 bits per heavy atom. The third-order valence-electron chi connectivity index (χ3n) is 2.93. The highest BCUT2D eigenvalue weighted by Crippen LogP contribution is 2.28. The number of aliphatic hydroxyl groups excluding tert-OH is 1. The van der Waals surface area contributed by atoms with Crippen LogP contribution in [0.15, 0.2) is 23.0 Å². The van der Waals surface area contributed by atoms with E-state index in [0.29, 0.717) is 6.04 Å². The number of rotatable bonds is 2. The Labute approximate surface area is 83.0 Å². The lowest BCUT2D eigenvalue weighted by Gasteiger charge is -2.17. The summed E-state index contributed by atoms with van der Waals surface area (Å²) in [4.78, 5) is 11.6. The van der Waals surface area contributed by atoms with Gasteiger partial charge in [-0.25, -0.2) is 0 Å². The normalized spacial score (nSPS) is 17.5. The first kappa shape index (κ1) is 9.46. The summed E-state index contributed by atoms with van der Waals surface area (Å²) in [7, 11) is 0. The molecule has 1 heterocycles. The van der Waals surface area contributed by atoms with E-state index >= 15 is 0 Å². The summed E-state index contributed by atoms with van der Waals surface area (Å²) in [6.45, 7) is -0.0490. The first-order chi connectivity index (χ1) is 6.83. The standard InChI is InChI=1S/C11H15NO2/c13-8-10-6-3-7-11(14)12(10)9-4-1-2-5-9/h3,6-7,9,13H,1-2,4-5,8H2. The number of aromatic nitrogens is 1. The molecule has 0 amide bonds. The molecule has 1 N–H and O–H groups in total. The van der Waals surface area contributed by atoms with Gasteiger partial charge in [0.05, 0.1) is 6.61 Å². The van der Waals surface area contributed by atoms with Crippen LogP contribution < -0.4 is 5.56 Å². The smallest absolute Gasteiger partial charge is 0.251 e. The van der Waals surface area contributed by atoms with Crippen LogP contribution in [0.4, 0.5) is 0 Å². The van der Waals surface area contributed by atoms with E-state index in [1.54, 1.807) is 16.7 Å². The molecule has 2 rings (SSSR count). The molecule has 1 fully saturated rings. The van der Waals surface area contributed by atoms with E-state index in [1.165, 1.54) is 12.8 Å². The summed E-state index contributed by atoms with van der Waals surface area (Å²) in [5.41, 5.74) is 0.757. The quantitative estimate of drug-likeness (QED) is 0.772. The fraction of sp³-hybridized carbons (Fsp3) is 0.545. The average molecular weight is 193 g/mol. The van der Waals surface area contributed by atoms with Gasteiger partial charge in [0.25, 0.3) is 5.56 Å². The van der Waals surface area contributed by atoms with Crippen molar-refractivity contribution in [2.45, 2.75) is 38.3 Å². The highest BCUT2D eigenvalue weighted by molar-refractivity contribution is 5.07. The van der Waals surface area contributed by atoms with Gasteiger partial charge in [0.15, 0.2) is 0 Å². The van der Waals surface area contributed by atoms with E-state index in [2.05, 4.69) is 0 Å². The molecule has 0 saturated heterocycles. The zero-order valence-corrected chi connectivity index (χ0v) is 8.15. The molecule has 3 heteroatoms. The number of pyridine rings is 1. The van der Waals surface area contributed by atoms with Crippen molar-refractivity contribution >= 4 is 0 Å². The SMILES string of the molecule is O=c1cccc(CO)n1C1CCCC1. The van der Waals surface area contributed by atoms with Crippen LogP contribution in [-0.4, -0.2) is 9.67 Å². The van der Waals surface area contributed by atoms with Gasteiger partial charge in [0, 0.05) is 17.8 Å². The minimum atomic E-state index is -0.0490. The molecule has 1 aromatic heterocycles. The second kappa shape index (κ2) is 3.96. The van der Waals surface area contributed by atoms with Crippen molar-refractivity contribution in [3.05, 3.63) is 34.2 Å². The Kier molecular flexibility index (Phi) is 2.68. The van der Waals surface area contributed by atoms with E-state index in [4.69, 9.17) is 5.11 Å². The molecule has 1 aliphatic carbocycles. The minimum Gasteiger partial charge on any atom is -0.390 e. The van der Waals surface area contributed by atoms with Gasteiger partial charge in [0.2, 0.25) is 0 Å². The van der Waals surface area contributed by atoms with Gasteiger partial charge in [-0.05, 0) is 18.9 Å². The molecule has 0 spiro atoms. The molecule has 0 radical (unpaired) electrons. The molecule has 0 aromatic carbocycles. The van der Waals surface area contributed by atoms with Crippen LogP contribution in [0.2, 0.25) is 0 Å². The van der Waals surface area contributed by atoms with Gasteiger partial charge in [-0.2, -0.15) is 0 Å². The fourth-order valence-electron chi connectivity index (χ4n) is 2.25. The first-order valence-electron chi connectivity index (χ1n) is 5.14. The summed E-state index contributed by atoms with van der Waals surface area (Å²) in [6.07, 6.45) is 4.52. The first-order valence-corrected chi connectivity index (χ1v) is 5.14. The van der Waals surface area contributed by atoms with Crippen molar-refractivity contribution in [3.8, 4) is 0 Å². The molecule has 0 unspecified atom stereocenters. The highest BCUT2D eigenvalue weighted by atomic mass is 16.3. The number of aliphatic hydroxyl groups is 1. The van der Waals surface area contributed by atoms with Crippen LogP contribution in [0.25, 0.3) is 0 Å². The molecule has 3 nitrogen and oxygen atoms in total. The Morgan fingerprint density at radius 1 is 1.36 bits per heavy atom. The van der Waals surface area contributed by atoms with Gasteiger partial charge >= 0.3 is 0 Å². The number of hydrogen-bond donors (Lipinski definition) is 1. The fourth-order valence-corrected chi connectivity index (χ4v) is 2.25. The van der Waals surface area contributed by atoms with Crippen LogP contribution in [0, 0.1) is 0 Å². The molecule has 1 aromatic rings. The Morgan fingerprint density at radius 3 is 2.71 bits per heavy atom. The summed E-state index contributed by atoms with van der Waals surface area (Å²) in [6, 6.07) is 5.40. The van der Waals surface area contributed by atoms with Gasteiger partial charge < -0.3 is 9.67 Å². The summed E-state index contributed by atoms with van der Waals surface area (Å²) < 4.78 is 1.76. The molecular weight excluding hydrogens is 178 g/mol. The second-order valence-corrected chi connectivity index (χ2v) is 3.82. The van der Waals surface area contributed by atoms with Crippen LogP contribution in [0.1, 0.15) is 37.4 Å². The average Bonchev–Trinajstić information content (AvgIpc) is 2.70. The van der Waals surface area contributed by atoms with Crippen molar-refractivity contribution in [1.29, 1.82) is 0 Å². The van der Waals surface area contributed by atoms with Crippen molar-refractivity contribution in [1.82, 2.24) is 4.57 Å². The molecule has 1 aliphatic rings. The lowest BCUT2D eigenvalue weighted by molar-refractivity contribution is 0.263. The minimum absolute atomic E-state index is 0.0171. The second-order valence-electron chi connectivity index (χ2n) is 3.82. The maximum Gasteiger partial charge on any atom is 0.251 e. The van der Waals surface area contributed by atoms with E-state index in [1.807, 2.05) is 6.07 Å². The van der Waals surface area contributed by atoms with Crippen LogP contribution in [-0.2, 0) is 6.61 Å². The van der Waals surface area contributed by atoms with E-state index in [9.17, 15) is 4.79 Å². The Bertz CT molecular complexity index is 364. The monoisotopic (exact) mass is 193 g/mol. The molecule has 0 bridgehead atoms. The molecule has 1 saturated carbocycles. The largest absolute Gasteiger partial charge is 0.390 e. The van der Waals surface area contributed by atoms with Crippen molar-refractivity contribution in [3.63, 3.8) is 0 Å². The number of nitrogens with zero attached hydrogens (tertiary/aromatic N) is 1. The number of hydrogen-bond acceptors (Lipinski definition) is 2. The van der Waals surface area contributed by atoms with Crippen LogP contribution in [0.3, 0.4) is 0 Å². The molecular formula is C11H15NO2. The zero-order valence-electron chi connectivity index (χ0n) is 8.15. The summed E-state index contributed by atoms with van der Waals surface area (Å²) in [5, 5.41) is 9.14. The molecule has 76 valence electrons. The van der Waals surface area contributed by atoms with Crippen LogP contribution >= 0.6 is 0 Å². The lowest BCUT2D eigenvalue weighted by atomic mass is 10.2. The van der Waals surface area contributed by atoms with Gasteiger partial charge in [-0.1, -0.05) is 18.9 Å². The maximum atomic E-state index is 11.6. The van der Waals surface area contributed by atoms with E-state index < -0.39 is 0 Å². The third kappa shape index (κ3) is 1.60. The highest BCUT2D eigenvalue weighted by Gasteiger charge is 2.19.